The van der Waals surface area contributed by atoms with Crippen LogP contribution < -0.4 is 16.8 Å². The Hall–Kier alpha value is -1.26. The number of aliphatic hydroxyl groups is 1. The number of likely N-dealkylation sites (N-methyl/N-ethyl adjacent to an activating group) is 2. The molecule has 0 aliphatic rings. The molecule has 0 rings (SSSR count). The molecule has 0 aromatic carbocycles. The van der Waals surface area contributed by atoms with Crippen LogP contribution in [-0.4, -0.2) is 108 Å². The summed E-state index contributed by atoms with van der Waals surface area (Å²) in [4.78, 5) is 27.1. The minimum Gasteiger partial charge on any atom is -0.481 e. The summed E-state index contributed by atoms with van der Waals surface area (Å²) in [7, 11) is 10.5. The lowest BCUT2D eigenvalue weighted by Gasteiger charge is -2.54. The summed E-state index contributed by atoms with van der Waals surface area (Å²) in [6.07, 6.45) is 1.65. The first-order valence-corrected chi connectivity index (χ1v) is 16.4. The van der Waals surface area contributed by atoms with E-state index in [2.05, 4.69) is 68.3 Å². The van der Waals surface area contributed by atoms with Gasteiger partial charge in [-0.3, -0.25) is 9.59 Å². The molecule has 7 N–H and O–H groups in total. The highest BCUT2D eigenvalue weighted by molar-refractivity contribution is 5.84. The van der Waals surface area contributed by atoms with Crippen LogP contribution in [0.4, 0.5) is 0 Å². The van der Waals surface area contributed by atoms with Gasteiger partial charge in [0.1, 0.15) is 13.1 Å². The van der Waals surface area contributed by atoms with E-state index < -0.39 is 50.9 Å². The third kappa shape index (κ3) is 10.9. The largest absolute Gasteiger partial charge is 0.481 e. The second-order valence-corrected chi connectivity index (χ2v) is 19.3. The van der Waals surface area contributed by atoms with Crippen LogP contribution in [0, 0.1) is 22.2 Å². The fourth-order valence-electron chi connectivity index (χ4n) is 6.66. The Morgan fingerprint density at radius 2 is 1.25 bits per heavy atom. The molecule has 4 atom stereocenters. The number of carboxylic acids is 1. The van der Waals surface area contributed by atoms with Crippen molar-refractivity contribution >= 4 is 11.9 Å². The number of aliphatic hydroxyl groups excluding tert-OH is 1. The number of hydrogen-bond acceptors (Lipinski definition) is 5. The first-order chi connectivity index (χ1) is 19.0. The number of nitrogens with zero attached hydrogens (tertiary/aromatic N) is 2. The standard InChI is InChI=1S/C35H73N5O4/c1-19-34(12,24-31(6,7)40(17,18)22-25(41)21-39(14,15)16)38-28(44)35(13,33(10,11)37)23-29(2,3)32(8,9)26(27(42)43)20-30(4,5)36/h25-26,41H,19-24,36-37H2,1-18H3/p+2. The van der Waals surface area contributed by atoms with Crippen molar-refractivity contribution in [3.05, 3.63) is 0 Å². The molecule has 0 bridgehead atoms. The van der Waals surface area contributed by atoms with Crippen LogP contribution in [0.2, 0.25) is 0 Å². The summed E-state index contributed by atoms with van der Waals surface area (Å²) < 4.78 is 1.27. The first-order valence-electron chi connectivity index (χ1n) is 16.4. The molecule has 0 heterocycles. The van der Waals surface area contributed by atoms with Crippen LogP contribution in [0.15, 0.2) is 0 Å². The molecule has 4 unspecified atom stereocenters. The van der Waals surface area contributed by atoms with Gasteiger partial charge in [0.05, 0.1) is 52.1 Å². The maximum atomic E-state index is 14.5. The van der Waals surface area contributed by atoms with Gasteiger partial charge in [-0.25, -0.2) is 0 Å². The van der Waals surface area contributed by atoms with Gasteiger partial charge < -0.3 is 36.0 Å². The minimum absolute atomic E-state index is 0.129. The van der Waals surface area contributed by atoms with Gasteiger partial charge in [-0.15, -0.1) is 0 Å². The van der Waals surface area contributed by atoms with E-state index in [4.69, 9.17) is 11.5 Å². The maximum Gasteiger partial charge on any atom is 0.307 e. The number of carbonyl (C=O) groups is 2. The van der Waals surface area contributed by atoms with E-state index in [1.54, 1.807) is 0 Å². The van der Waals surface area contributed by atoms with Gasteiger partial charge in [-0.05, 0) is 85.5 Å². The number of aliphatic carboxylic acids is 1. The molecule has 1 amide bonds. The minimum atomic E-state index is -1.01. The van der Waals surface area contributed by atoms with Gasteiger partial charge in [-0.2, -0.15) is 0 Å². The van der Waals surface area contributed by atoms with Crippen molar-refractivity contribution in [2.45, 2.75) is 144 Å². The van der Waals surface area contributed by atoms with Crippen molar-refractivity contribution in [3.8, 4) is 0 Å². The fourth-order valence-corrected chi connectivity index (χ4v) is 6.66. The molecule has 0 aliphatic heterocycles. The number of carbonyl (C=O) groups excluding carboxylic acids is 1. The maximum absolute atomic E-state index is 14.5. The Morgan fingerprint density at radius 1 is 0.795 bits per heavy atom. The number of carboxylic acid groups (broad SMARTS) is 1. The van der Waals surface area contributed by atoms with E-state index in [9.17, 15) is 19.8 Å². The Balaban J connectivity index is 6.47. The van der Waals surface area contributed by atoms with Gasteiger partial charge >= 0.3 is 5.97 Å². The zero-order valence-electron chi connectivity index (χ0n) is 32.2. The average molecular weight is 630 g/mol. The van der Waals surface area contributed by atoms with E-state index in [0.717, 1.165) is 0 Å². The van der Waals surface area contributed by atoms with E-state index in [1.807, 2.05) is 62.3 Å². The van der Waals surface area contributed by atoms with Gasteiger partial charge in [0, 0.05) is 23.0 Å². The zero-order chi connectivity index (χ0) is 35.8. The van der Waals surface area contributed by atoms with Gasteiger partial charge in [-0.1, -0.05) is 34.6 Å². The molecule has 0 saturated heterocycles. The monoisotopic (exact) mass is 630 g/mol. The highest BCUT2D eigenvalue weighted by Gasteiger charge is 2.56. The predicted octanol–water partition coefficient (Wildman–Crippen LogP) is 4.60. The predicted molar refractivity (Wildman–Crippen MR) is 184 cm³/mol. The lowest BCUT2D eigenvalue weighted by atomic mass is 9.52. The highest BCUT2D eigenvalue weighted by Crippen LogP contribution is 2.54. The summed E-state index contributed by atoms with van der Waals surface area (Å²) in [5, 5.41) is 24.7. The van der Waals surface area contributed by atoms with Gasteiger partial charge in [0.15, 0.2) is 6.10 Å². The highest BCUT2D eigenvalue weighted by atomic mass is 16.4. The smallest absolute Gasteiger partial charge is 0.307 e. The first kappa shape index (κ1) is 42.7. The van der Waals surface area contributed by atoms with Crippen molar-refractivity contribution in [2.24, 2.45) is 33.6 Å². The lowest BCUT2D eigenvalue weighted by Crippen LogP contribution is -2.66. The molecule has 262 valence electrons. The number of quaternary nitrogens is 2. The SMILES string of the molecule is CCC(C)(CC(C)(C)[N+](C)(C)CC(O)C[N+](C)(C)C)NC(=O)C(C)(CC(C)(C)C(C)(C)C(CC(C)(C)N)C(=O)O)C(C)(C)N. The van der Waals surface area contributed by atoms with E-state index in [-0.39, 0.29) is 11.4 Å². The van der Waals surface area contributed by atoms with Crippen molar-refractivity contribution in [1.82, 2.24) is 5.32 Å². The topological polar surface area (TPSA) is 139 Å². The van der Waals surface area contributed by atoms with Crippen LogP contribution in [0.3, 0.4) is 0 Å². The molecule has 9 heteroatoms. The molecule has 0 saturated carbocycles. The van der Waals surface area contributed by atoms with Gasteiger partial charge in [0.25, 0.3) is 0 Å². The number of nitrogens with one attached hydrogen (secondary N) is 1. The normalized spacial score (nSPS) is 18.7. The molecule has 0 fully saturated rings. The Kier molecular flexibility index (Phi) is 13.1. The third-order valence-corrected chi connectivity index (χ3v) is 11.4. The van der Waals surface area contributed by atoms with Crippen LogP contribution in [-0.2, 0) is 9.59 Å². The average Bonchev–Trinajstić information content (AvgIpc) is 2.72. The number of hydrogen-bond donors (Lipinski definition) is 5. The van der Waals surface area contributed by atoms with Crippen LogP contribution in [0.1, 0.15) is 116 Å². The molecular formula is C35H75N5O4+2. The van der Waals surface area contributed by atoms with Crippen LogP contribution in [0.25, 0.3) is 0 Å². The van der Waals surface area contributed by atoms with E-state index in [1.165, 1.54) is 0 Å². The van der Waals surface area contributed by atoms with Crippen molar-refractivity contribution < 1.29 is 28.8 Å². The Bertz CT molecular complexity index is 985. The van der Waals surface area contributed by atoms with Crippen molar-refractivity contribution in [1.29, 1.82) is 0 Å². The molecule has 0 aliphatic carbocycles. The van der Waals surface area contributed by atoms with Gasteiger partial charge in [0.2, 0.25) is 5.91 Å². The third-order valence-electron chi connectivity index (χ3n) is 11.4. The second kappa shape index (κ2) is 13.5. The van der Waals surface area contributed by atoms with Crippen molar-refractivity contribution in [2.75, 3.05) is 48.3 Å². The summed E-state index contributed by atoms with van der Waals surface area (Å²) in [6, 6.07) is 0. The molecular weight excluding hydrogens is 554 g/mol. The summed E-state index contributed by atoms with van der Waals surface area (Å²) in [6.45, 7) is 27.3. The second-order valence-electron chi connectivity index (χ2n) is 19.3. The molecule has 0 spiro atoms. The number of rotatable bonds is 18. The molecule has 0 aromatic heterocycles. The molecule has 44 heavy (non-hydrogen) atoms. The summed E-state index contributed by atoms with van der Waals surface area (Å²) in [5.41, 5.74) is 8.47. The number of amides is 1. The van der Waals surface area contributed by atoms with Crippen LogP contribution >= 0.6 is 0 Å². The molecule has 0 aromatic rings. The Morgan fingerprint density at radius 3 is 1.59 bits per heavy atom. The molecule has 9 nitrogen and oxygen atoms in total. The van der Waals surface area contributed by atoms with Crippen molar-refractivity contribution in [3.63, 3.8) is 0 Å². The zero-order valence-corrected chi connectivity index (χ0v) is 32.2. The lowest BCUT2D eigenvalue weighted by molar-refractivity contribution is -0.946. The molecule has 0 radical (unpaired) electrons. The Labute approximate surface area is 271 Å². The van der Waals surface area contributed by atoms with Crippen LogP contribution in [0.5, 0.6) is 0 Å². The summed E-state index contributed by atoms with van der Waals surface area (Å²) >= 11 is 0. The number of nitrogens with two attached hydrogens (primary N) is 2. The van der Waals surface area contributed by atoms with E-state index >= 15 is 0 Å². The van der Waals surface area contributed by atoms with E-state index in [0.29, 0.717) is 47.7 Å². The summed E-state index contributed by atoms with van der Waals surface area (Å²) in [5.74, 6) is -1.72. The fraction of sp³-hybridized carbons (Fsp3) is 0.943. The quantitative estimate of drug-likeness (QED) is 0.141.